The van der Waals surface area contributed by atoms with Crippen molar-refractivity contribution < 1.29 is 4.74 Å². The first-order valence-electron chi connectivity index (χ1n) is 10.3. The normalized spacial score (nSPS) is 20.8. The predicted octanol–water partition coefficient (Wildman–Crippen LogP) is 2.39. The summed E-state index contributed by atoms with van der Waals surface area (Å²) in [5.74, 6) is 0.875. The second-order valence-corrected chi connectivity index (χ2v) is 7.56. The number of guanidine groups is 1. The number of rotatable bonds is 6. The van der Waals surface area contributed by atoms with Gasteiger partial charge in [0, 0.05) is 65.2 Å². The molecule has 2 heterocycles. The quantitative estimate of drug-likeness (QED) is 0.356. The molecule has 7 heteroatoms. The summed E-state index contributed by atoms with van der Waals surface area (Å²) >= 11 is 0. The van der Waals surface area contributed by atoms with Gasteiger partial charge in [0.2, 0.25) is 0 Å². The Kier molecular flexibility index (Phi) is 9.81. The largest absolute Gasteiger partial charge is 0.376 e. The smallest absolute Gasteiger partial charge is 0.191 e. The molecule has 1 unspecified atom stereocenters. The molecule has 1 atom stereocenters. The Balaban J connectivity index is 0.00000280. The molecule has 28 heavy (non-hydrogen) atoms. The molecule has 3 rings (SSSR count). The molecule has 2 N–H and O–H groups in total. The molecular weight excluding hydrogens is 465 g/mol. The minimum absolute atomic E-state index is 0. The fourth-order valence-corrected chi connectivity index (χ4v) is 3.86. The topological polar surface area (TPSA) is 52.1 Å². The first-order chi connectivity index (χ1) is 13.2. The van der Waals surface area contributed by atoms with Gasteiger partial charge in [0.25, 0.3) is 0 Å². The molecule has 0 bridgehead atoms. The first-order valence-corrected chi connectivity index (χ1v) is 10.3. The van der Waals surface area contributed by atoms with Crippen LogP contribution in [-0.2, 0) is 4.74 Å². The number of piperazine rings is 1. The van der Waals surface area contributed by atoms with Crippen LogP contribution in [0.25, 0.3) is 0 Å². The van der Waals surface area contributed by atoms with Crippen LogP contribution in [0.3, 0.4) is 0 Å². The minimum atomic E-state index is 0. The van der Waals surface area contributed by atoms with E-state index < -0.39 is 0 Å². The second kappa shape index (κ2) is 11.8. The average molecular weight is 501 g/mol. The third kappa shape index (κ3) is 6.49. The molecule has 2 aliphatic heterocycles. The molecule has 2 saturated heterocycles. The van der Waals surface area contributed by atoms with Crippen LogP contribution in [0.4, 0.5) is 5.69 Å². The van der Waals surface area contributed by atoms with Crippen molar-refractivity contribution >= 4 is 35.6 Å². The third-order valence-electron chi connectivity index (χ3n) is 5.75. The van der Waals surface area contributed by atoms with Crippen LogP contribution in [0.2, 0.25) is 0 Å². The highest BCUT2D eigenvalue weighted by molar-refractivity contribution is 14.0. The van der Waals surface area contributed by atoms with E-state index in [-0.39, 0.29) is 24.0 Å². The summed E-state index contributed by atoms with van der Waals surface area (Å²) in [5.41, 5.74) is 4.18. The van der Waals surface area contributed by atoms with Crippen molar-refractivity contribution in [2.45, 2.75) is 32.8 Å². The Hall–Kier alpha value is -1.06. The number of nitrogens with one attached hydrogen (secondary N) is 2. The lowest BCUT2D eigenvalue weighted by atomic mass is 10.1. The van der Waals surface area contributed by atoms with Gasteiger partial charge in [-0.25, -0.2) is 0 Å². The summed E-state index contributed by atoms with van der Waals surface area (Å²) in [5, 5.41) is 6.80. The Morgan fingerprint density at radius 3 is 2.64 bits per heavy atom. The second-order valence-electron chi connectivity index (χ2n) is 7.56. The summed E-state index contributed by atoms with van der Waals surface area (Å²) < 4.78 is 5.65. The molecule has 0 radical (unpaired) electrons. The standard InChI is InChI=1S/C21H35N5O.HI/c1-17-6-4-8-20(18(17)2)26-13-11-25(12-14-26)10-9-23-21(22-3)24-16-19-7-5-15-27-19;/h4,6,8,19H,5,7,9-16H2,1-3H3,(H2,22,23,24);1H. The number of hydrogen-bond acceptors (Lipinski definition) is 4. The van der Waals surface area contributed by atoms with Crippen molar-refractivity contribution in [3.05, 3.63) is 29.3 Å². The van der Waals surface area contributed by atoms with Gasteiger partial charge >= 0.3 is 0 Å². The van der Waals surface area contributed by atoms with Crippen molar-refractivity contribution in [1.82, 2.24) is 15.5 Å². The summed E-state index contributed by atoms with van der Waals surface area (Å²) in [6, 6.07) is 6.62. The molecule has 2 fully saturated rings. The minimum Gasteiger partial charge on any atom is -0.376 e. The SMILES string of the molecule is CN=C(NCCN1CCN(c2cccc(C)c2C)CC1)NCC1CCCO1.I. The molecule has 1 aromatic rings. The van der Waals surface area contributed by atoms with Crippen LogP contribution in [0.5, 0.6) is 0 Å². The Morgan fingerprint density at radius 2 is 1.96 bits per heavy atom. The zero-order chi connectivity index (χ0) is 19.1. The van der Waals surface area contributed by atoms with E-state index in [1.54, 1.807) is 0 Å². The number of aryl methyl sites for hydroxylation is 1. The molecule has 0 saturated carbocycles. The van der Waals surface area contributed by atoms with E-state index in [0.29, 0.717) is 6.10 Å². The van der Waals surface area contributed by atoms with Gasteiger partial charge in [-0.1, -0.05) is 12.1 Å². The monoisotopic (exact) mass is 501 g/mol. The average Bonchev–Trinajstić information content (AvgIpc) is 3.21. The van der Waals surface area contributed by atoms with Gasteiger partial charge in [0.15, 0.2) is 5.96 Å². The van der Waals surface area contributed by atoms with Crippen molar-refractivity contribution in [3.8, 4) is 0 Å². The van der Waals surface area contributed by atoms with E-state index in [2.05, 4.69) is 57.5 Å². The molecular formula is C21H36IN5O. The van der Waals surface area contributed by atoms with Crippen molar-refractivity contribution in [3.63, 3.8) is 0 Å². The molecule has 0 spiro atoms. The maximum atomic E-state index is 5.65. The molecule has 0 aliphatic carbocycles. The third-order valence-corrected chi connectivity index (χ3v) is 5.75. The fourth-order valence-electron chi connectivity index (χ4n) is 3.86. The molecule has 1 aromatic carbocycles. The molecule has 0 amide bonds. The van der Waals surface area contributed by atoms with Gasteiger partial charge in [-0.2, -0.15) is 0 Å². The highest BCUT2D eigenvalue weighted by atomic mass is 127. The Bertz CT molecular complexity index is 625. The van der Waals surface area contributed by atoms with Crippen LogP contribution < -0.4 is 15.5 Å². The first kappa shape index (κ1) is 23.2. The van der Waals surface area contributed by atoms with Crippen LogP contribution in [0.1, 0.15) is 24.0 Å². The van der Waals surface area contributed by atoms with E-state index in [9.17, 15) is 0 Å². The van der Waals surface area contributed by atoms with E-state index in [4.69, 9.17) is 4.74 Å². The molecule has 2 aliphatic rings. The summed E-state index contributed by atoms with van der Waals surface area (Å²) in [6.45, 7) is 12.5. The van der Waals surface area contributed by atoms with E-state index in [1.807, 2.05) is 7.05 Å². The maximum absolute atomic E-state index is 5.65. The number of nitrogens with zero attached hydrogens (tertiary/aromatic N) is 3. The van der Waals surface area contributed by atoms with E-state index in [0.717, 1.165) is 64.8 Å². The number of ether oxygens (including phenoxy) is 1. The lowest BCUT2D eigenvalue weighted by Gasteiger charge is -2.37. The van der Waals surface area contributed by atoms with Gasteiger partial charge in [-0.15, -0.1) is 24.0 Å². The Labute approximate surface area is 187 Å². The Morgan fingerprint density at radius 1 is 1.18 bits per heavy atom. The van der Waals surface area contributed by atoms with Gasteiger partial charge in [-0.3, -0.25) is 9.89 Å². The lowest BCUT2D eigenvalue weighted by molar-refractivity contribution is 0.114. The zero-order valence-electron chi connectivity index (χ0n) is 17.5. The molecule has 0 aromatic heterocycles. The van der Waals surface area contributed by atoms with E-state index >= 15 is 0 Å². The van der Waals surface area contributed by atoms with Crippen LogP contribution >= 0.6 is 24.0 Å². The molecule has 158 valence electrons. The van der Waals surface area contributed by atoms with Gasteiger partial charge in [0.1, 0.15) is 0 Å². The lowest BCUT2D eigenvalue weighted by Crippen LogP contribution is -2.49. The van der Waals surface area contributed by atoms with Crippen LogP contribution in [0, 0.1) is 13.8 Å². The summed E-state index contributed by atoms with van der Waals surface area (Å²) in [4.78, 5) is 9.37. The van der Waals surface area contributed by atoms with Crippen LogP contribution in [0.15, 0.2) is 23.2 Å². The molecule has 6 nitrogen and oxygen atoms in total. The zero-order valence-corrected chi connectivity index (χ0v) is 19.9. The number of benzene rings is 1. The fraction of sp³-hybridized carbons (Fsp3) is 0.667. The van der Waals surface area contributed by atoms with Gasteiger partial charge in [-0.05, 0) is 43.9 Å². The highest BCUT2D eigenvalue weighted by Crippen LogP contribution is 2.23. The van der Waals surface area contributed by atoms with Crippen molar-refractivity contribution in [2.24, 2.45) is 4.99 Å². The van der Waals surface area contributed by atoms with Crippen molar-refractivity contribution in [1.29, 1.82) is 0 Å². The van der Waals surface area contributed by atoms with Gasteiger partial charge < -0.3 is 20.3 Å². The number of aliphatic imine (C=N–C) groups is 1. The van der Waals surface area contributed by atoms with E-state index in [1.165, 1.54) is 23.2 Å². The van der Waals surface area contributed by atoms with Crippen LogP contribution in [-0.4, -0.2) is 76.4 Å². The summed E-state index contributed by atoms with van der Waals surface area (Å²) in [7, 11) is 1.83. The number of halogens is 1. The highest BCUT2D eigenvalue weighted by Gasteiger charge is 2.19. The maximum Gasteiger partial charge on any atom is 0.191 e. The van der Waals surface area contributed by atoms with Gasteiger partial charge in [0.05, 0.1) is 6.10 Å². The number of anilines is 1. The number of hydrogen-bond donors (Lipinski definition) is 2. The van der Waals surface area contributed by atoms with Crippen molar-refractivity contribution in [2.75, 3.05) is 64.4 Å². The predicted molar refractivity (Wildman–Crippen MR) is 128 cm³/mol. The summed E-state index contributed by atoms with van der Waals surface area (Å²) in [6.07, 6.45) is 2.66.